The van der Waals surface area contributed by atoms with Crippen molar-refractivity contribution in [2.75, 3.05) is 26.2 Å². The predicted octanol–water partition coefficient (Wildman–Crippen LogP) is 4.31. The lowest BCUT2D eigenvalue weighted by Crippen LogP contribution is -2.43. The number of ether oxygens (including phenoxy) is 1. The summed E-state index contributed by atoms with van der Waals surface area (Å²) in [6, 6.07) is 11.9. The van der Waals surface area contributed by atoms with Crippen LogP contribution in [-0.2, 0) is 16.7 Å². The van der Waals surface area contributed by atoms with Crippen LogP contribution in [0.5, 0.6) is 0 Å². The third kappa shape index (κ3) is 8.04. The van der Waals surface area contributed by atoms with Crippen LogP contribution >= 0.6 is 35.3 Å². The molecule has 8 heteroatoms. The molecule has 2 aromatic rings. The third-order valence-corrected chi connectivity index (χ3v) is 6.59. The van der Waals surface area contributed by atoms with Crippen LogP contribution in [0.25, 0.3) is 0 Å². The lowest BCUT2D eigenvalue weighted by molar-refractivity contribution is 0.0857. The normalized spacial score (nSPS) is 16.3. The van der Waals surface area contributed by atoms with Crippen molar-refractivity contribution in [2.24, 2.45) is 4.99 Å². The molecule has 1 fully saturated rings. The molecule has 3 rings (SSSR count). The van der Waals surface area contributed by atoms with Crippen molar-refractivity contribution in [3.05, 3.63) is 57.8 Å². The van der Waals surface area contributed by atoms with Crippen LogP contribution in [-0.4, -0.2) is 44.2 Å². The third-order valence-electron chi connectivity index (χ3n) is 5.35. The van der Waals surface area contributed by atoms with Gasteiger partial charge in [-0.3, -0.25) is 4.79 Å². The maximum absolute atomic E-state index is 12.5. The topological polar surface area (TPSA) is 74.8 Å². The molecule has 0 spiro atoms. The van der Waals surface area contributed by atoms with Crippen LogP contribution < -0.4 is 16.0 Å². The standard InChI is InChI=1S/C24H34N4O2S.HI/c1-4-25-23(28-17-24(2,3)21-11-7-13-31-21)27-15-18-8-5-9-19(14-18)22(29)26-16-20-10-6-12-30-20;/h5,7-9,11,13-14,20H,4,6,10,12,15-17H2,1-3H3,(H,26,29)(H2,25,27,28);1H. The van der Waals surface area contributed by atoms with Gasteiger partial charge in [0.2, 0.25) is 0 Å². The number of thiophene rings is 1. The second-order valence-corrected chi connectivity index (χ2v) is 9.40. The maximum Gasteiger partial charge on any atom is 0.251 e. The first kappa shape index (κ1) is 26.6. The lowest BCUT2D eigenvalue weighted by atomic mass is 9.91. The lowest BCUT2D eigenvalue weighted by Gasteiger charge is -2.25. The average Bonchev–Trinajstić information content (AvgIpc) is 3.49. The number of carbonyl (C=O) groups is 1. The first-order valence-electron chi connectivity index (χ1n) is 11.0. The zero-order valence-corrected chi connectivity index (χ0v) is 22.3. The van der Waals surface area contributed by atoms with E-state index in [4.69, 9.17) is 9.73 Å². The zero-order valence-electron chi connectivity index (χ0n) is 19.1. The number of hydrogen-bond donors (Lipinski definition) is 3. The Morgan fingerprint density at radius 2 is 2.06 bits per heavy atom. The summed E-state index contributed by atoms with van der Waals surface area (Å²) in [5.74, 6) is 0.712. The number of nitrogens with one attached hydrogen (secondary N) is 3. The molecule has 1 amide bonds. The summed E-state index contributed by atoms with van der Waals surface area (Å²) >= 11 is 1.78. The van der Waals surface area contributed by atoms with Gasteiger partial charge in [0.05, 0.1) is 12.6 Å². The summed E-state index contributed by atoms with van der Waals surface area (Å²) in [5, 5.41) is 11.9. The highest BCUT2D eigenvalue weighted by Gasteiger charge is 2.22. The number of rotatable bonds is 9. The SMILES string of the molecule is CCNC(=NCc1cccc(C(=O)NCC2CCCO2)c1)NCC(C)(C)c1cccs1.I. The van der Waals surface area contributed by atoms with E-state index in [0.29, 0.717) is 18.7 Å². The molecule has 0 aliphatic carbocycles. The summed E-state index contributed by atoms with van der Waals surface area (Å²) in [6.07, 6.45) is 2.23. The van der Waals surface area contributed by atoms with E-state index in [2.05, 4.69) is 54.2 Å². The van der Waals surface area contributed by atoms with Crippen LogP contribution in [0.4, 0.5) is 0 Å². The highest BCUT2D eigenvalue weighted by molar-refractivity contribution is 14.0. The summed E-state index contributed by atoms with van der Waals surface area (Å²) in [7, 11) is 0. The second-order valence-electron chi connectivity index (χ2n) is 8.46. The van der Waals surface area contributed by atoms with Crippen molar-refractivity contribution in [3.63, 3.8) is 0 Å². The minimum Gasteiger partial charge on any atom is -0.376 e. The van der Waals surface area contributed by atoms with Gasteiger partial charge in [-0.25, -0.2) is 4.99 Å². The number of guanidine groups is 1. The summed E-state index contributed by atoms with van der Waals surface area (Å²) in [5.41, 5.74) is 1.67. The summed E-state index contributed by atoms with van der Waals surface area (Å²) < 4.78 is 5.58. The zero-order chi connectivity index (χ0) is 22.1. The van der Waals surface area contributed by atoms with Crippen molar-refractivity contribution < 1.29 is 9.53 Å². The van der Waals surface area contributed by atoms with Crippen LogP contribution in [0.2, 0.25) is 0 Å². The fourth-order valence-corrected chi connectivity index (χ4v) is 4.34. The van der Waals surface area contributed by atoms with Gasteiger partial charge in [-0.05, 0) is 48.9 Å². The predicted molar refractivity (Wildman–Crippen MR) is 143 cm³/mol. The van der Waals surface area contributed by atoms with Gasteiger partial charge in [-0.1, -0.05) is 32.0 Å². The van der Waals surface area contributed by atoms with E-state index in [1.165, 1.54) is 4.88 Å². The minimum absolute atomic E-state index is 0. The van der Waals surface area contributed by atoms with Gasteiger partial charge in [0, 0.05) is 42.1 Å². The Kier molecular flexibility index (Phi) is 10.9. The molecule has 1 aliphatic rings. The summed E-state index contributed by atoms with van der Waals surface area (Å²) in [6.45, 7) is 9.95. The first-order chi connectivity index (χ1) is 15.0. The van der Waals surface area contributed by atoms with Crippen molar-refractivity contribution in [2.45, 2.75) is 51.7 Å². The molecule has 0 saturated carbocycles. The van der Waals surface area contributed by atoms with E-state index < -0.39 is 0 Å². The molecule has 1 atom stereocenters. The van der Waals surface area contributed by atoms with Crippen molar-refractivity contribution >= 4 is 47.2 Å². The van der Waals surface area contributed by atoms with Crippen LogP contribution in [0.15, 0.2) is 46.8 Å². The molecule has 0 radical (unpaired) electrons. The van der Waals surface area contributed by atoms with Crippen LogP contribution in [0, 0.1) is 0 Å². The van der Waals surface area contributed by atoms with Gasteiger partial charge in [0.15, 0.2) is 5.96 Å². The van der Waals surface area contributed by atoms with Crippen molar-refractivity contribution in [3.8, 4) is 0 Å². The Morgan fingerprint density at radius 3 is 2.75 bits per heavy atom. The van der Waals surface area contributed by atoms with E-state index in [0.717, 1.165) is 44.1 Å². The molecule has 176 valence electrons. The fourth-order valence-electron chi connectivity index (χ4n) is 3.49. The van der Waals surface area contributed by atoms with E-state index in [1.54, 1.807) is 11.3 Å². The Morgan fingerprint density at radius 1 is 1.22 bits per heavy atom. The Balaban J connectivity index is 0.00000363. The van der Waals surface area contributed by atoms with Gasteiger partial charge in [-0.15, -0.1) is 35.3 Å². The van der Waals surface area contributed by atoms with Gasteiger partial charge in [0.1, 0.15) is 0 Å². The molecule has 1 aromatic heterocycles. The molecule has 1 aliphatic heterocycles. The second kappa shape index (κ2) is 13.2. The highest BCUT2D eigenvalue weighted by atomic mass is 127. The highest BCUT2D eigenvalue weighted by Crippen LogP contribution is 2.26. The first-order valence-corrected chi connectivity index (χ1v) is 11.9. The molecule has 6 nitrogen and oxygen atoms in total. The molecule has 32 heavy (non-hydrogen) atoms. The fraction of sp³-hybridized carbons (Fsp3) is 0.500. The number of nitrogens with zero attached hydrogens (tertiary/aromatic N) is 1. The van der Waals surface area contributed by atoms with Crippen LogP contribution in [0.1, 0.15) is 54.4 Å². The molecule has 1 saturated heterocycles. The minimum atomic E-state index is -0.0657. The average molecular weight is 571 g/mol. The smallest absolute Gasteiger partial charge is 0.251 e. The van der Waals surface area contributed by atoms with Crippen LogP contribution in [0.3, 0.4) is 0 Å². The van der Waals surface area contributed by atoms with Gasteiger partial charge in [0.25, 0.3) is 5.91 Å². The summed E-state index contributed by atoms with van der Waals surface area (Å²) in [4.78, 5) is 18.6. The van der Waals surface area contributed by atoms with E-state index in [-0.39, 0.29) is 41.4 Å². The molecular weight excluding hydrogens is 535 g/mol. The monoisotopic (exact) mass is 570 g/mol. The number of aliphatic imine (C=N–C) groups is 1. The molecule has 3 N–H and O–H groups in total. The van der Waals surface area contributed by atoms with Crippen molar-refractivity contribution in [1.82, 2.24) is 16.0 Å². The number of benzene rings is 1. The number of hydrogen-bond acceptors (Lipinski definition) is 4. The number of carbonyl (C=O) groups excluding carboxylic acids is 1. The van der Waals surface area contributed by atoms with E-state index in [9.17, 15) is 4.79 Å². The largest absolute Gasteiger partial charge is 0.376 e. The van der Waals surface area contributed by atoms with E-state index in [1.807, 2.05) is 24.3 Å². The Labute approximate surface area is 212 Å². The molecular formula is C24H35IN4O2S. The maximum atomic E-state index is 12.5. The number of halogens is 1. The number of amides is 1. The molecule has 2 heterocycles. The Bertz CT molecular complexity index is 865. The Hall–Kier alpha value is -1.65. The van der Waals surface area contributed by atoms with Crippen molar-refractivity contribution in [1.29, 1.82) is 0 Å². The molecule has 0 bridgehead atoms. The quantitative estimate of drug-likeness (QED) is 0.239. The van der Waals surface area contributed by atoms with Gasteiger partial charge in [-0.2, -0.15) is 0 Å². The van der Waals surface area contributed by atoms with Gasteiger partial charge >= 0.3 is 0 Å². The molecule has 1 unspecified atom stereocenters. The van der Waals surface area contributed by atoms with Gasteiger partial charge < -0.3 is 20.7 Å². The van der Waals surface area contributed by atoms with E-state index >= 15 is 0 Å². The molecule has 1 aromatic carbocycles.